The summed E-state index contributed by atoms with van der Waals surface area (Å²) < 4.78 is 5.69. The molecule has 4 heteroatoms. The molecule has 2 N–H and O–H groups in total. The first-order valence-corrected chi connectivity index (χ1v) is 5.85. The average molecular weight is 248 g/mol. The predicted molar refractivity (Wildman–Crippen MR) is 67.2 cm³/mol. The minimum atomic E-state index is -0.377. The monoisotopic (exact) mass is 248 g/mol. The highest BCUT2D eigenvalue weighted by atomic mass is 16.5. The second kappa shape index (κ2) is 4.82. The Morgan fingerprint density at radius 1 is 1.50 bits per heavy atom. The number of aromatic hydroxyl groups is 1. The van der Waals surface area contributed by atoms with Gasteiger partial charge in [-0.1, -0.05) is 6.08 Å². The summed E-state index contributed by atoms with van der Waals surface area (Å²) in [4.78, 5) is 12.0. The molecular formula is C14H16O4. The maximum atomic E-state index is 12.0. The Balaban J connectivity index is 2.44. The molecule has 1 atom stereocenters. The summed E-state index contributed by atoms with van der Waals surface area (Å²) in [7, 11) is 0. The molecule has 96 valence electrons. The van der Waals surface area contributed by atoms with Gasteiger partial charge in [-0.25, -0.2) is 0 Å². The predicted octanol–water partition coefficient (Wildman–Crippen LogP) is 1.89. The number of hydrogen-bond donors (Lipinski definition) is 2. The van der Waals surface area contributed by atoms with Crippen molar-refractivity contribution < 1.29 is 19.7 Å². The lowest BCUT2D eigenvalue weighted by molar-refractivity contribution is 0.0891. The Morgan fingerprint density at radius 2 is 2.22 bits per heavy atom. The standard InChI is InChI=1S/C14H16O4/c1-8-6-11-12(16)7-10(4-3-5-15)18-14(11)9(2)13(8)17/h3-4,6,10,15,17H,5,7H2,1-2H3/b4-3+/t10-/m0/s1. The van der Waals surface area contributed by atoms with Crippen molar-refractivity contribution in [2.24, 2.45) is 0 Å². The number of hydrogen-bond acceptors (Lipinski definition) is 4. The molecule has 0 radical (unpaired) electrons. The summed E-state index contributed by atoms with van der Waals surface area (Å²) >= 11 is 0. The third-order valence-electron chi connectivity index (χ3n) is 3.09. The number of aliphatic hydroxyl groups is 1. The molecule has 2 rings (SSSR count). The number of phenolic OH excluding ortho intramolecular Hbond substituents is 1. The number of benzene rings is 1. The van der Waals surface area contributed by atoms with E-state index < -0.39 is 0 Å². The van der Waals surface area contributed by atoms with Crippen LogP contribution in [0.3, 0.4) is 0 Å². The van der Waals surface area contributed by atoms with Gasteiger partial charge in [0.25, 0.3) is 0 Å². The topological polar surface area (TPSA) is 66.8 Å². The lowest BCUT2D eigenvalue weighted by Gasteiger charge is -2.25. The van der Waals surface area contributed by atoms with Crippen LogP contribution in [0.25, 0.3) is 0 Å². The number of phenols is 1. The molecule has 0 saturated heterocycles. The number of ketones is 1. The number of carbonyl (C=O) groups is 1. The minimum absolute atomic E-state index is 0.00459. The van der Waals surface area contributed by atoms with Crippen molar-refractivity contribution in [1.82, 2.24) is 0 Å². The fourth-order valence-corrected chi connectivity index (χ4v) is 2.12. The van der Waals surface area contributed by atoms with Gasteiger partial charge in [-0.05, 0) is 31.6 Å². The summed E-state index contributed by atoms with van der Waals surface area (Å²) in [6, 6.07) is 1.66. The first-order chi connectivity index (χ1) is 8.54. The molecule has 4 nitrogen and oxygen atoms in total. The Bertz CT molecular complexity index is 517. The zero-order valence-corrected chi connectivity index (χ0v) is 10.4. The molecule has 0 spiro atoms. The Kier molecular flexibility index (Phi) is 3.39. The number of aryl methyl sites for hydroxylation is 1. The molecule has 0 aromatic heterocycles. The van der Waals surface area contributed by atoms with E-state index in [4.69, 9.17) is 9.84 Å². The number of Topliss-reactive ketones (excluding diaryl/α,β-unsaturated/α-hetero) is 1. The molecule has 1 aromatic rings. The van der Waals surface area contributed by atoms with Gasteiger partial charge in [0, 0.05) is 5.56 Å². The molecule has 1 aromatic carbocycles. The number of carbonyl (C=O) groups excluding carboxylic acids is 1. The summed E-state index contributed by atoms with van der Waals surface area (Å²) in [6.45, 7) is 3.40. The Morgan fingerprint density at radius 3 is 2.89 bits per heavy atom. The summed E-state index contributed by atoms with van der Waals surface area (Å²) in [5.74, 6) is 0.602. The third-order valence-corrected chi connectivity index (χ3v) is 3.09. The van der Waals surface area contributed by atoms with E-state index in [1.165, 1.54) is 0 Å². The average Bonchev–Trinajstić information content (AvgIpc) is 2.35. The normalized spacial score (nSPS) is 18.8. The van der Waals surface area contributed by atoms with Crippen LogP contribution in [0.2, 0.25) is 0 Å². The molecule has 0 fully saturated rings. The summed E-state index contributed by atoms with van der Waals surface area (Å²) in [5, 5.41) is 18.6. The second-order valence-corrected chi connectivity index (χ2v) is 4.44. The highest BCUT2D eigenvalue weighted by Gasteiger charge is 2.28. The van der Waals surface area contributed by atoms with Gasteiger partial charge >= 0.3 is 0 Å². The Hall–Kier alpha value is -1.81. The largest absolute Gasteiger partial charge is 0.507 e. The van der Waals surface area contributed by atoms with E-state index in [-0.39, 0.29) is 30.7 Å². The summed E-state index contributed by atoms with van der Waals surface area (Å²) in [5.41, 5.74) is 1.78. The van der Waals surface area contributed by atoms with E-state index in [2.05, 4.69) is 0 Å². The molecule has 0 aliphatic carbocycles. The van der Waals surface area contributed by atoms with Gasteiger partial charge in [-0.3, -0.25) is 4.79 Å². The fourth-order valence-electron chi connectivity index (χ4n) is 2.12. The number of rotatable bonds is 2. The van der Waals surface area contributed by atoms with Gasteiger partial charge in [0.1, 0.15) is 17.6 Å². The molecule has 1 aliphatic heterocycles. The van der Waals surface area contributed by atoms with Crippen LogP contribution in [0, 0.1) is 13.8 Å². The van der Waals surface area contributed by atoms with Crippen molar-refractivity contribution in [1.29, 1.82) is 0 Å². The van der Waals surface area contributed by atoms with E-state index >= 15 is 0 Å². The van der Waals surface area contributed by atoms with Crippen LogP contribution in [0.15, 0.2) is 18.2 Å². The molecule has 1 heterocycles. The van der Waals surface area contributed by atoms with Crippen molar-refractivity contribution >= 4 is 5.78 Å². The summed E-state index contributed by atoms with van der Waals surface area (Å²) in [6.07, 6.45) is 3.09. The van der Waals surface area contributed by atoms with Gasteiger partial charge in [-0.15, -0.1) is 0 Å². The van der Waals surface area contributed by atoms with Crippen LogP contribution in [0.4, 0.5) is 0 Å². The smallest absolute Gasteiger partial charge is 0.170 e. The molecule has 18 heavy (non-hydrogen) atoms. The lowest BCUT2D eigenvalue weighted by Crippen LogP contribution is -2.26. The van der Waals surface area contributed by atoms with Crippen LogP contribution >= 0.6 is 0 Å². The van der Waals surface area contributed by atoms with Gasteiger partial charge in [-0.2, -0.15) is 0 Å². The zero-order valence-electron chi connectivity index (χ0n) is 10.4. The van der Waals surface area contributed by atoms with Crippen molar-refractivity contribution in [2.45, 2.75) is 26.4 Å². The van der Waals surface area contributed by atoms with E-state index in [9.17, 15) is 9.90 Å². The highest BCUT2D eigenvalue weighted by Crippen LogP contribution is 2.38. The molecular weight excluding hydrogens is 232 g/mol. The minimum Gasteiger partial charge on any atom is -0.507 e. The van der Waals surface area contributed by atoms with Crippen LogP contribution in [0.5, 0.6) is 11.5 Å². The number of aliphatic hydroxyl groups excluding tert-OH is 1. The molecule has 1 aliphatic rings. The van der Waals surface area contributed by atoms with E-state index in [1.807, 2.05) is 0 Å². The first-order valence-electron chi connectivity index (χ1n) is 5.85. The molecule has 0 bridgehead atoms. The van der Waals surface area contributed by atoms with Crippen LogP contribution in [-0.2, 0) is 0 Å². The maximum Gasteiger partial charge on any atom is 0.170 e. The van der Waals surface area contributed by atoms with E-state index in [0.717, 1.165) is 0 Å². The van der Waals surface area contributed by atoms with Crippen molar-refractivity contribution in [3.63, 3.8) is 0 Å². The van der Waals surface area contributed by atoms with Crippen molar-refractivity contribution in [3.8, 4) is 11.5 Å². The van der Waals surface area contributed by atoms with Crippen molar-refractivity contribution in [2.75, 3.05) is 6.61 Å². The van der Waals surface area contributed by atoms with Gasteiger partial charge < -0.3 is 14.9 Å². The van der Waals surface area contributed by atoms with Crippen molar-refractivity contribution in [3.05, 3.63) is 34.9 Å². The van der Waals surface area contributed by atoms with Gasteiger partial charge in [0.2, 0.25) is 0 Å². The molecule has 0 saturated carbocycles. The third kappa shape index (κ3) is 2.11. The molecule has 0 unspecified atom stereocenters. The maximum absolute atomic E-state index is 12.0. The van der Waals surface area contributed by atoms with Crippen LogP contribution in [0.1, 0.15) is 27.9 Å². The molecule has 0 amide bonds. The first kappa shape index (κ1) is 12.6. The van der Waals surface area contributed by atoms with Gasteiger partial charge in [0.05, 0.1) is 18.6 Å². The van der Waals surface area contributed by atoms with E-state index in [0.29, 0.717) is 22.4 Å². The number of fused-ring (bicyclic) bond motifs is 1. The quantitative estimate of drug-likeness (QED) is 0.784. The number of ether oxygens (including phenoxy) is 1. The highest BCUT2D eigenvalue weighted by molar-refractivity contribution is 6.01. The Labute approximate surface area is 106 Å². The fraction of sp³-hybridized carbons (Fsp3) is 0.357. The SMILES string of the molecule is Cc1cc2c(c(C)c1O)O[C@@H](/C=C/CO)CC2=O. The lowest BCUT2D eigenvalue weighted by atomic mass is 9.95. The van der Waals surface area contributed by atoms with Crippen LogP contribution < -0.4 is 4.74 Å². The zero-order chi connectivity index (χ0) is 13.3. The van der Waals surface area contributed by atoms with Gasteiger partial charge in [0.15, 0.2) is 5.78 Å². The van der Waals surface area contributed by atoms with E-state index in [1.54, 1.807) is 32.1 Å². The second-order valence-electron chi connectivity index (χ2n) is 4.44. The van der Waals surface area contributed by atoms with Crippen LogP contribution in [-0.4, -0.2) is 28.7 Å².